The Morgan fingerprint density at radius 1 is 1.12 bits per heavy atom. The van der Waals surface area contributed by atoms with Crippen LogP contribution in [0, 0.1) is 12.7 Å². The van der Waals surface area contributed by atoms with Crippen LogP contribution in [-0.2, 0) is 9.59 Å². The van der Waals surface area contributed by atoms with Crippen LogP contribution in [0.1, 0.15) is 5.56 Å². The molecule has 9 nitrogen and oxygen atoms in total. The van der Waals surface area contributed by atoms with Gasteiger partial charge in [0.15, 0.2) is 5.65 Å². The van der Waals surface area contributed by atoms with Gasteiger partial charge in [-0.15, -0.1) is 0 Å². The van der Waals surface area contributed by atoms with Crippen LogP contribution in [-0.4, -0.2) is 51.0 Å². The molecule has 0 aliphatic heterocycles. The molecular formula is C23H21FN6O3S. The predicted molar refractivity (Wildman–Crippen MR) is 127 cm³/mol. The van der Waals surface area contributed by atoms with Crippen LogP contribution in [0.2, 0.25) is 0 Å². The Morgan fingerprint density at radius 2 is 1.91 bits per heavy atom. The molecule has 2 amide bonds. The van der Waals surface area contributed by atoms with Crippen molar-refractivity contribution in [2.75, 3.05) is 24.7 Å². The van der Waals surface area contributed by atoms with E-state index in [1.807, 2.05) is 13.0 Å². The van der Waals surface area contributed by atoms with Gasteiger partial charge in [0.1, 0.15) is 22.9 Å². The summed E-state index contributed by atoms with van der Waals surface area (Å²) >= 11 is 1.20. The molecule has 4 rings (SSSR count). The zero-order valence-electron chi connectivity index (χ0n) is 18.4. The second kappa shape index (κ2) is 10.3. The molecule has 0 unspecified atom stereocenters. The van der Waals surface area contributed by atoms with Gasteiger partial charge in [0, 0.05) is 0 Å². The highest BCUT2D eigenvalue weighted by atomic mass is 32.2. The standard InChI is InChI=1S/C23H21FN6O3S/c1-14-3-8-19(33-2)18(9-14)29-20(31)11-25-21(32)12-34-23-17-10-28-30(22(17)26-13-27-23)16-6-4-15(24)5-7-16/h3-10,13H,11-12H2,1-2H3,(H,25,32)(H,29,31). The second-order valence-corrected chi connectivity index (χ2v) is 8.23. The number of thioether (sulfide) groups is 1. The quantitative estimate of drug-likeness (QED) is 0.294. The normalized spacial score (nSPS) is 10.8. The lowest BCUT2D eigenvalue weighted by atomic mass is 10.2. The van der Waals surface area contributed by atoms with Crippen molar-refractivity contribution >= 4 is 40.3 Å². The predicted octanol–water partition coefficient (Wildman–Crippen LogP) is 3.12. The third-order valence-electron chi connectivity index (χ3n) is 4.82. The van der Waals surface area contributed by atoms with Gasteiger partial charge in [-0.3, -0.25) is 9.59 Å². The van der Waals surface area contributed by atoms with Gasteiger partial charge in [-0.05, 0) is 48.9 Å². The molecule has 0 saturated carbocycles. The summed E-state index contributed by atoms with van der Waals surface area (Å²) in [6.45, 7) is 1.72. The summed E-state index contributed by atoms with van der Waals surface area (Å²) in [4.78, 5) is 33.1. The fourth-order valence-electron chi connectivity index (χ4n) is 3.19. The number of nitrogens with zero attached hydrogens (tertiary/aromatic N) is 4. The summed E-state index contributed by atoms with van der Waals surface area (Å²) in [6, 6.07) is 11.3. The van der Waals surface area contributed by atoms with E-state index in [0.717, 1.165) is 5.56 Å². The van der Waals surface area contributed by atoms with Gasteiger partial charge in [0.2, 0.25) is 11.8 Å². The minimum absolute atomic E-state index is 0.0505. The molecule has 2 N–H and O–H groups in total. The number of hydrogen-bond acceptors (Lipinski definition) is 7. The van der Waals surface area contributed by atoms with Gasteiger partial charge in [-0.2, -0.15) is 5.10 Å². The topological polar surface area (TPSA) is 111 Å². The van der Waals surface area contributed by atoms with E-state index < -0.39 is 0 Å². The maximum Gasteiger partial charge on any atom is 0.243 e. The second-order valence-electron chi connectivity index (χ2n) is 7.27. The zero-order chi connectivity index (χ0) is 24.1. The van der Waals surface area contributed by atoms with Crippen LogP contribution < -0.4 is 15.4 Å². The number of methoxy groups -OCH3 is 1. The van der Waals surface area contributed by atoms with E-state index in [2.05, 4.69) is 25.7 Å². The number of amides is 2. The lowest BCUT2D eigenvalue weighted by molar-refractivity contribution is -0.122. The van der Waals surface area contributed by atoms with E-state index in [9.17, 15) is 14.0 Å². The van der Waals surface area contributed by atoms with Gasteiger partial charge in [0.25, 0.3) is 0 Å². The Kier molecular flexibility index (Phi) is 7.02. The van der Waals surface area contributed by atoms with Crippen molar-refractivity contribution in [2.45, 2.75) is 11.9 Å². The van der Waals surface area contributed by atoms with Crippen LogP contribution in [0.5, 0.6) is 5.75 Å². The van der Waals surface area contributed by atoms with Gasteiger partial charge >= 0.3 is 0 Å². The summed E-state index contributed by atoms with van der Waals surface area (Å²) in [5.74, 6) is -0.450. The van der Waals surface area contributed by atoms with Gasteiger partial charge in [-0.1, -0.05) is 17.8 Å². The van der Waals surface area contributed by atoms with Crippen LogP contribution >= 0.6 is 11.8 Å². The molecular weight excluding hydrogens is 459 g/mol. The van der Waals surface area contributed by atoms with Crippen LogP contribution in [0.4, 0.5) is 10.1 Å². The number of nitrogens with one attached hydrogen (secondary N) is 2. The molecule has 174 valence electrons. The minimum Gasteiger partial charge on any atom is -0.495 e. The van der Waals surface area contributed by atoms with Gasteiger partial charge in [-0.25, -0.2) is 19.0 Å². The van der Waals surface area contributed by atoms with Gasteiger partial charge in [0.05, 0.1) is 42.4 Å². The summed E-state index contributed by atoms with van der Waals surface area (Å²) in [7, 11) is 1.52. The monoisotopic (exact) mass is 480 g/mol. The Bertz CT molecular complexity index is 1340. The lowest BCUT2D eigenvalue weighted by Crippen LogP contribution is -2.34. The Hall–Kier alpha value is -3.99. The summed E-state index contributed by atoms with van der Waals surface area (Å²) in [5, 5.41) is 10.9. The number of anilines is 1. The molecule has 0 saturated heterocycles. The SMILES string of the molecule is COc1ccc(C)cc1NC(=O)CNC(=O)CSc1ncnc2c1cnn2-c1ccc(F)cc1. The smallest absolute Gasteiger partial charge is 0.243 e. The molecule has 0 fully saturated rings. The highest BCUT2D eigenvalue weighted by Crippen LogP contribution is 2.26. The first-order valence-corrected chi connectivity index (χ1v) is 11.2. The number of carbonyl (C=O) groups is 2. The molecule has 2 aromatic carbocycles. The number of benzene rings is 2. The van der Waals surface area contributed by atoms with E-state index in [-0.39, 0.29) is 29.9 Å². The number of hydrogen-bond donors (Lipinski definition) is 2. The number of aromatic nitrogens is 4. The number of aryl methyl sites for hydroxylation is 1. The third-order valence-corrected chi connectivity index (χ3v) is 5.82. The summed E-state index contributed by atoms with van der Waals surface area (Å²) in [6.07, 6.45) is 2.98. The van der Waals surface area contributed by atoms with Crippen molar-refractivity contribution < 1.29 is 18.7 Å². The molecule has 11 heteroatoms. The number of fused-ring (bicyclic) bond motifs is 1. The minimum atomic E-state index is -0.368. The van der Waals surface area contributed by atoms with Crippen molar-refractivity contribution in [2.24, 2.45) is 0 Å². The fourth-order valence-corrected chi connectivity index (χ4v) is 3.98. The van der Waals surface area contributed by atoms with Gasteiger partial charge < -0.3 is 15.4 Å². The third kappa shape index (κ3) is 5.31. The maximum atomic E-state index is 13.2. The molecule has 2 aromatic heterocycles. The highest BCUT2D eigenvalue weighted by Gasteiger charge is 2.14. The number of carbonyl (C=O) groups excluding carboxylic acids is 2. The summed E-state index contributed by atoms with van der Waals surface area (Å²) < 4.78 is 20.0. The van der Waals surface area contributed by atoms with Crippen LogP contribution in [0.3, 0.4) is 0 Å². The molecule has 0 spiro atoms. The van der Waals surface area contributed by atoms with E-state index >= 15 is 0 Å². The molecule has 0 aliphatic rings. The van der Waals surface area contributed by atoms with Crippen LogP contribution in [0.25, 0.3) is 16.7 Å². The summed E-state index contributed by atoms with van der Waals surface area (Å²) in [5.41, 5.74) is 2.70. The van der Waals surface area contributed by atoms with Crippen LogP contribution in [0.15, 0.2) is 60.0 Å². The Balaban J connectivity index is 1.35. The molecule has 0 radical (unpaired) electrons. The molecule has 0 bridgehead atoms. The largest absolute Gasteiger partial charge is 0.495 e. The Labute approximate surface area is 198 Å². The number of ether oxygens (including phenoxy) is 1. The highest BCUT2D eigenvalue weighted by molar-refractivity contribution is 8.00. The Morgan fingerprint density at radius 3 is 2.68 bits per heavy atom. The molecule has 0 atom stereocenters. The maximum absolute atomic E-state index is 13.2. The number of halogens is 1. The van der Waals surface area contributed by atoms with Crippen molar-refractivity contribution in [3.05, 3.63) is 66.4 Å². The average Bonchev–Trinajstić information content (AvgIpc) is 3.27. The average molecular weight is 481 g/mol. The van der Waals surface area contributed by atoms with Crippen molar-refractivity contribution in [3.63, 3.8) is 0 Å². The first-order valence-electron chi connectivity index (χ1n) is 10.2. The molecule has 2 heterocycles. The number of rotatable bonds is 8. The zero-order valence-corrected chi connectivity index (χ0v) is 19.2. The first kappa shape index (κ1) is 23.2. The van der Waals surface area contributed by atoms with E-state index in [4.69, 9.17) is 4.74 Å². The van der Waals surface area contributed by atoms with Crippen molar-refractivity contribution in [3.8, 4) is 11.4 Å². The first-order chi connectivity index (χ1) is 16.4. The lowest BCUT2D eigenvalue weighted by Gasteiger charge is -2.11. The molecule has 0 aliphatic carbocycles. The van der Waals surface area contributed by atoms with E-state index in [1.165, 1.54) is 37.3 Å². The van der Waals surface area contributed by atoms with E-state index in [0.29, 0.717) is 33.2 Å². The molecule has 4 aromatic rings. The molecule has 34 heavy (non-hydrogen) atoms. The van der Waals surface area contributed by atoms with E-state index in [1.54, 1.807) is 35.1 Å². The fraction of sp³-hybridized carbons (Fsp3) is 0.174. The van der Waals surface area contributed by atoms with Crippen molar-refractivity contribution in [1.29, 1.82) is 0 Å². The van der Waals surface area contributed by atoms with Crippen molar-refractivity contribution in [1.82, 2.24) is 25.1 Å².